The molecular weight excluding hydrogens is 519 g/mol. The van der Waals surface area contributed by atoms with Gasteiger partial charge in [-0.1, -0.05) is 91.5 Å². The molecule has 30 heavy (non-hydrogen) atoms. The Morgan fingerprint density at radius 3 is 2.00 bits per heavy atom. The van der Waals surface area contributed by atoms with E-state index in [1.807, 2.05) is 4.08 Å². The molecule has 0 radical (unpaired) electrons. The molecule has 1 fully saturated rings. The molecule has 0 aromatic rings. The van der Waals surface area contributed by atoms with Gasteiger partial charge in [0.15, 0.2) is 8.32 Å². The van der Waals surface area contributed by atoms with Crippen molar-refractivity contribution in [3.05, 3.63) is 22.3 Å². The second-order valence-corrected chi connectivity index (χ2v) is 22.3. The van der Waals surface area contributed by atoms with Crippen LogP contribution < -0.4 is 0 Å². The Hall–Kier alpha value is 0.524. The first-order valence-electron chi connectivity index (χ1n) is 11.5. The van der Waals surface area contributed by atoms with Gasteiger partial charge in [0.05, 0.1) is 18.8 Å². The highest BCUT2D eigenvalue weighted by Crippen LogP contribution is 2.45. The zero-order valence-corrected chi connectivity index (χ0v) is 25.5. The second kappa shape index (κ2) is 11.1. The van der Waals surface area contributed by atoms with Crippen LogP contribution in [0.4, 0.5) is 0 Å². The van der Waals surface area contributed by atoms with Gasteiger partial charge in [0.2, 0.25) is 8.32 Å². The molecule has 0 spiro atoms. The maximum absolute atomic E-state index is 7.12. The summed E-state index contributed by atoms with van der Waals surface area (Å²) in [6.45, 7) is 30.5. The van der Waals surface area contributed by atoms with Crippen molar-refractivity contribution < 1.29 is 13.6 Å². The zero-order chi connectivity index (χ0) is 23.5. The minimum Gasteiger partial charge on any atom is -0.414 e. The number of halogens is 1. The SMILES string of the molecule is C=C1C[C@H](CO[Si](C)(C)C(C)(C)C)O[C@H](/C=C/I)[C@H]1O[Si](C(C)C)(C(C)C)C(C)C. The zero-order valence-electron chi connectivity index (χ0n) is 21.3. The van der Waals surface area contributed by atoms with Crippen LogP contribution in [0.1, 0.15) is 68.7 Å². The molecule has 0 aromatic heterocycles. The van der Waals surface area contributed by atoms with E-state index in [1.165, 1.54) is 0 Å². The van der Waals surface area contributed by atoms with Gasteiger partial charge in [0.1, 0.15) is 6.10 Å². The van der Waals surface area contributed by atoms with E-state index in [4.69, 9.17) is 13.6 Å². The van der Waals surface area contributed by atoms with Gasteiger partial charge in [0, 0.05) is 0 Å². The van der Waals surface area contributed by atoms with Crippen molar-refractivity contribution in [3.8, 4) is 0 Å². The molecule has 3 atom stereocenters. The molecule has 0 saturated carbocycles. The standard InChI is InChI=1S/C24H47IO3Si2/c1-17(2)30(18(3)4,19(5)6)28-23-20(7)15-21(27-22(23)13-14-25)16-26-29(11,12)24(8,9)10/h13-14,17-19,21-23H,7,15-16H2,1-6,8-12H3/b14-13+/t21-,22-,23+/m1/s1. The fraction of sp³-hybridized carbons (Fsp3) is 0.833. The molecule has 1 saturated heterocycles. The highest BCUT2D eigenvalue weighted by atomic mass is 127. The Kier molecular flexibility index (Phi) is 10.6. The molecule has 0 aromatic carbocycles. The van der Waals surface area contributed by atoms with Gasteiger partial charge >= 0.3 is 0 Å². The van der Waals surface area contributed by atoms with Crippen LogP contribution in [0.25, 0.3) is 0 Å². The third-order valence-corrected chi connectivity index (χ3v) is 18.3. The molecule has 0 amide bonds. The van der Waals surface area contributed by atoms with Crippen molar-refractivity contribution in [2.45, 2.75) is 122 Å². The van der Waals surface area contributed by atoms with Crippen molar-refractivity contribution in [1.82, 2.24) is 0 Å². The Morgan fingerprint density at radius 2 is 1.60 bits per heavy atom. The Morgan fingerprint density at radius 1 is 1.10 bits per heavy atom. The van der Waals surface area contributed by atoms with E-state index in [0.29, 0.717) is 23.2 Å². The van der Waals surface area contributed by atoms with Crippen LogP contribution in [0.15, 0.2) is 22.3 Å². The normalized spacial score (nSPS) is 24.6. The highest BCUT2D eigenvalue weighted by molar-refractivity contribution is 14.1. The second-order valence-electron chi connectivity index (χ2n) is 11.3. The molecule has 1 rings (SSSR count). The van der Waals surface area contributed by atoms with Gasteiger partial charge in [-0.3, -0.25) is 0 Å². The van der Waals surface area contributed by atoms with E-state index < -0.39 is 16.6 Å². The van der Waals surface area contributed by atoms with Crippen LogP contribution >= 0.6 is 22.6 Å². The van der Waals surface area contributed by atoms with Crippen LogP contribution in [0.2, 0.25) is 34.8 Å². The topological polar surface area (TPSA) is 27.7 Å². The van der Waals surface area contributed by atoms with Crippen LogP contribution in [-0.2, 0) is 13.6 Å². The van der Waals surface area contributed by atoms with E-state index in [9.17, 15) is 0 Å². The van der Waals surface area contributed by atoms with Gasteiger partial charge < -0.3 is 13.6 Å². The molecule has 0 bridgehead atoms. The largest absolute Gasteiger partial charge is 0.414 e. The van der Waals surface area contributed by atoms with Gasteiger partial charge in [-0.25, -0.2) is 0 Å². The first-order chi connectivity index (χ1) is 13.6. The van der Waals surface area contributed by atoms with Gasteiger partial charge in [-0.15, -0.1) is 0 Å². The van der Waals surface area contributed by atoms with Gasteiger partial charge in [-0.05, 0) is 56.9 Å². The number of rotatable bonds is 9. The lowest BCUT2D eigenvalue weighted by Crippen LogP contribution is -2.55. The first-order valence-corrected chi connectivity index (χ1v) is 17.8. The summed E-state index contributed by atoms with van der Waals surface area (Å²) >= 11 is 2.28. The molecule has 0 unspecified atom stereocenters. The summed E-state index contributed by atoms with van der Waals surface area (Å²) < 4.78 is 22.2. The van der Waals surface area contributed by atoms with Crippen LogP contribution in [-0.4, -0.2) is 41.6 Å². The maximum atomic E-state index is 7.12. The summed E-state index contributed by atoms with van der Waals surface area (Å²) in [5.74, 6) is 0. The smallest absolute Gasteiger partial charge is 0.201 e. The Labute approximate surface area is 202 Å². The lowest BCUT2D eigenvalue weighted by atomic mass is 9.96. The van der Waals surface area contributed by atoms with E-state index in [1.54, 1.807) is 0 Å². The number of hydrogen-bond donors (Lipinski definition) is 0. The molecule has 3 nitrogen and oxygen atoms in total. The fourth-order valence-corrected chi connectivity index (χ4v) is 11.6. The quantitative estimate of drug-likeness (QED) is 0.160. The van der Waals surface area contributed by atoms with E-state index >= 15 is 0 Å². The maximum Gasteiger partial charge on any atom is 0.201 e. The molecule has 6 heteroatoms. The average molecular weight is 567 g/mol. The summed E-state index contributed by atoms with van der Waals surface area (Å²) in [5.41, 5.74) is 2.76. The Balaban J connectivity index is 3.06. The van der Waals surface area contributed by atoms with E-state index in [-0.39, 0.29) is 23.4 Å². The van der Waals surface area contributed by atoms with Crippen LogP contribution in [0.5, 0.6) is 0 Å². The lowest BCUT2D eigenvalue weighted by Gasteiger charge is -2.48. The van der Waals surface area contributed by atoms with Crippen molar-refractivity contribution >= 4 is 39.2 Å². The highest BCUT2D eigenvalue weighted by Gasteiger charge is 2.49. The molecule has 1 aliphatic heterocycles. The average Bonchev–Trinajstić information content (AvgIpc) is 2.57. The summed E-state index contributed by atoms with van der Waals surface area (Å²) in [7, 11) is -3.83. The molecular formula is C24H47IO3Si2. The molecule has 1 aliphatic rings. The lowest BCUT2D eigenvalue weighted by molar-refractivity contribution is -0.0788. The monoisotopic (exact) mass is 566 g/mol. The summed E-state index contributed by atoms with van der Waals surface area (Å²) in [4.78, 5) is 0. The fourth-order valence-electron chi connectivity index (χ4n) is 4.60. The van der Waals surface area contributed by atoms with Crippen molar-refractivity contribution in [3.63, 3.8) is 0 Å². The summed E-state index contributed by atoms with van der Waals surface area (Å²) in [6.07, 6.45) is 2.81. The predicted octanol–water partition coefficient (Wildman–Crippen LogP) is 8.23. The number of ether oxygens (including phenoxy) is 1. The minimum atomic E-state index is -2.02. The van der Waals surface area contributed by atoms with E-state index in [0.717, 1.165) is 12.0 Å². The Bertz CT molecular complexity index is 572. The first kappa shape index (κ1) is 28.6. The van der Waals surface area contributed by atoms with Crippen LogP contribution in [0.3, 0.4) is 0 Å². The number of hydrogen-bond acceptors (Lipinski definition) is 3. The van der Waals surface area contributed by atoms with Gasteiger partial charge in [0.25, 0.3) is 0 Å². The summed E-state index contributed by atoms with van der Waals surface area (Å²) in [5, 5.41) is 0.197. The molecule has 0 aliphatic carbocycles. The molecule has 1 heterocycles. The van der Waals surface area contributed by atoms with Gasteiger partial charge in [-0.2, -0.15) is 0 Å². The summed E-state index contributed by atoms with van der Waals surface area (Å²) in [6, 6.07) is 0. The molecule has 0 N–H and O–H groups in total. The van der Waals surface area contributed by atoms with Crippen molar-refractivity contribution in [2.24, 2.45) is 0 Å². The predicted molar refractivity (Wildman–Crippen MR) is 145 cm³/mol. The third-order valence-electron chi connectivity index (χ3n) is 7.28. The van der Waals surface area contributed by atoms with E-state index in [2.05, 4.69) is 111 Å². The third kappa shape index (κ3) is 6.53. The van der Waals surface area contributed by atoms with Crippen molar-refractivity contribution in [1.29, 1.82) is 0 Å². The minimum absolute atomic E-state index is 0.0392. The molecule has 176 valence electrons. The van der Waals surface area contributed by atoms with Crippen molar-refractivity contribution in [2.75, 3.05) is 6.61 Å². The van der Waals surface area contributed by atoms with Crippen LogP contribution in [0, 0.1) is 0 Å².